The van der Waals surface area contributed by atoms with Gasteiger partial charge in [-0.2, -0.15) is 4.31 Å². The van der Waals surface area contributed by atoms with Crippen molar-refractivity contribution in [3.8, 4) is 0 Å². The van der Waals surface area contributed by atoms with E-state index >= 15 is 0 Å². The van der Waals surface area contributed by atoms with E-state index < -0.39 is 10.0 Å². The maximum atomic E-state index is 12.6. The van der Waals surface area contributed by atoms with Crippen LogP contribution in [0.5, 0.6) is 0 Å². The summed E-state index contributed by atoms with van der Waals surface area (Å²) >= 11 is 0. The molecule has 0 saturated carbocycles. The predicted octanol–water partition coefficient (Wildman–Crippen LogP) is 1.18. The molecule has 0 unspecified atom stereocenters. The molecule has 1 aliphatic heterocycles. The second-order valence-electron chi connectivity index (χ2n) is 6.06. The SMILES string of the molecule is CCOCCCNC(=O)CCc1ccc(S(=O)(=O)N2CCOCC2)cc1. The maximum Gasteiger partial charge on any atom is 0.243 e. The minimum atomic E-state index is -3.47. The number of hydrogen-bond acceptors (Lipinski definition) is 5. The van der Waals surface area contributed by atoms with Gasteiger partial charge in [-0.3, -0.25) is 4.79 Å². The lowest BCUT2D eigenvalue weighted by Gasteiger charge is -2.26. The molecule has 1 heterocycles. The van der Waals surface area contributed by atoms with Crippen LogP contribution < -0.4 is 5.32 Å². The zero-order valence-electron chi connectivity index (χ0n) is 15.3. The summed E-state index contributed by atoms with van der Waals surface area (Å²) in [4.78, 5) is 12.1. The van der Waals surface area contributed by atoms with E-state index in [1.165, 1.54) is 4.31 Å². The van der Waals surface area contributed by atoms with E-state index in [9.17, 15) is 13.2 Å². The molecule has 146 valence electrons. The first-order valence-corrected chi connectivity index (χ1v) is 10.5. The van der Waals surface area contributed by atoms with E-state index in [2.05, 4.69) is 5.32 Å². The smallest absolute Gasteiger partial charge is 0.243 e. The van der Waals surface area contributed by atoms with Crippen LogP contribution >= 0.6 is 0 Å². The van der Waals surface area contributed by atoms with Gasteiger partial charge in [0.1, 0.15) is 0 Å². The summed E-state index contributed by atoms with van der Waals surface area (Å²) < 4.78 is 37.0. The standard InChI is InChI=1S/C18H28N2O5S/c1-2-24-13-3-10-19-18(21)9-6-16-4-7-17(8-5-16)26(22,23)20-11-14-25-15-12-20/h4-5,7-8H,2-3,6,9-15H2,1H3,(H,19,21). The topological polar surface area (TPSA) is 84.9 Å². The van der Waals surface area contributed by atoms with Gasteiger partial charge in [0.05, 0.1) is 18.1 Å². The van der Waals surface area contributed by atoms with E-state index in [1.807, 2.05) is 6.92 Å². The monoisotopic (exact) mass is 384 g/mol. The highest BCUT2D eigenvalue weighted by Gasteiger charge is 2.26. The fourth-order valence-electron chi connectivity index (χ4n) is 2.66. The first-order valence-electron chi connectivity index (χ1n) is 9.05. The van der Waals surface area contributed by atoms with E-state index in [0.29, 0.717) is 58.9 Å². The lowest BCUT2D eigenvalue weighted by Crippen LogP contribution is -2.40. The predicted molar refractivity (Wildman–Crippen MR) is 98.5 cm³/mol. The number of morpholine rings is 1. The summed E-state index contributed by atoms with van der Waals surface area (Å²) in [6.07, 6.45) is 1.76. The Morgan fingerprint density at radius 2 is 1.92 bits per heavy atom. The van der Waals surface area contributed by atoms with Gasteiger partial charge in [0, 0.05) is 39.3 Å². The van der Waals surface area contributed by atoms with E-state index in [0.717, 1.165) is 12.0 Å². The summed E-state index contributed by atoms with van der Waals surface area (Å²) in [7, 11) is -3.47. The number of benzene rings is 1. The second-order valence-corrected chi connectivity index (χ2v) is 8.00. The fourth-order valence-corrected chi connectivity index (χ4v) is 4.06. The Bertz CT molecular complexity index is 655. The Morgan fingerprint density at radius 3 is 2.58 bits per heavy atom. The second kappa shape index (κ2) is 10.6. The molecular weight excluding hydrogens is 356 g/mol. The highest BCUT2D eigenvalue weighted by atomic mass is 32.2. The third-order valence-electron chi connectivity index (χ3n) is 4.16. The van der Waals surface area contributed by atoms with Crippen LogP contribution in [0.4, 0.5) is 0 Å². The third-order valence-corrected chi connectivity index (χ3v) is 6.08. The molecule has 7 nitrogen and oxygen atoms in total. The molecule has 2 rings (SSSR count). The van der Waals surface area contributed by atoms with E-state index in [-0.39, 0.29) is 10.8 Å². The first kappa shape index (κ1) is 20.8. The van der Waals surface area contributed by atoms with Crippen LogP contribution in [0.25, 0.3) is 0 Å². The van der Waals surface area contributed by atoms with Gasteiger partial charge >= 0.3 is 0 Å². The molecule has 1 aromatic carbocycles. The number of nitrogens with one attached hydrogen (secondary N) is 1. The molecule has 0 bridgehead atoms. The van der Waals surface area contributed by atoms with Gasteiger partial charge in [-0.05, 0) is 37.5 Å². The molecular formula is C18H28N2O5S. The van der Waals surface area contributed by atoms with Crippen molar-refractivity contribution in [3.63, 3.8) is 0 Å². The molecule has 0 aliphatic carbocycles. The van der Waals surface area contributed by atoms with Gasteiger partial charge < -0.3 is 14.8 Å². The van der Waals surface area contributed by atoms with E-state index in [4.69, 9.17) is 9.47 Å². The van der Waals surface area contributed by atoms with E-state index in [1.54, 1.807) is 24.3 Å². The lowest BCUT2D eigenvalue weighted by molar-refractivity contribution is -0.121. The van der Waals surface area contributed by atoms with Crippen molar-refractivity contribution in [3.05, 3.63) is 29.8 Å². The zero-order chi connectivity index (χ0) is 18.8. The van der Waals surface area contributed by atoms with Crippen molar-refractivity contribution in [1.29, 1.82) is 0 Å². The van der Waals surface area contributed by atoms with Gasteiger partial charge in [-0.15, -0.1) is 0 Å². The average Bonchev–Trinajstić information content (AvgIpc) is 2.67. The number of carbonyl (C=O) groups excluding carboxylic acids is 1. The summed E-state index contributed by atoms with van der Waals surface area (Å²) in [5.41, 5.74) is 0.940. The Balaban J connectivity index is 1.79. The number of carbonyl (C=O) groups is 1. The molecule has 1 N–H and O–H groups in total. The third kappa shape index (κ3) is 6.35. The number of sulfonamides is 1. The van der Waals surface area contributed by atoms with Crippen LogP contribution in [0.3, 0.4) is 0 Å². The van der Waals surface area contributed by atoms with Crippen molar-refractivity contribution >= 4 is 15.9 Å². The lowest BCUT2D eigenvalue weighted by atomic mass is 10.1. The molecule has 1 fully saturated rings. The maximum absolute atomic E-state index is 12.6. The molecule has 8 heteroatoms. The summed E-state index contributed by atoms with van der Waals surface area (Å²) in [6, 6.07) is 6.77. The minimum Gasteiger partial charge on any atom is -0.382 e. The minimum absolute atomic E-state index is 0.00786. The highest BCUT2D eigenvalue weighted by molar-refractivity contribution is 7.89. The number of ether oxygens (including phenoxy) is 2. The van der Waals surface area contributed by atoms with Crippen molar-refractivity contribution in [2.75, 3.05) is 46.1 Å². The van der Waals surface area contributed by atoms with Crippen molar-refractivity contribution in [2.45, 2.75) is 31.1 Å². The molecule has 1 saturated heterocycles. The van der Waals surface area contributed by atoms with Crippen LogP contribution in [-0.2, 0) is 30.7 Å². The Labute approximate surface area is 155 Å². The van der Waals surface area contributed by atoms with Crippen LogP contribution in [0.15, 0.2) is 29.2 Å². The molecule has 0 spiro atoms. The Hall–Kier alpha value is -1.48. The first-order chi connectivity index (χ1) is 12.5. The Kier molecular flexibility index (Phi) is 8.50. The van der Waals surface area contributed by atoms with Crippen molar-refractivity contribution < 1.29 is 22.7 Å². The number of aryl methyl sites for hydroxylation is 1. The van der Waals surface area contributed by atoms with Gasteiger partial charge in [-0.1, -0.05) is 12.1 Å². The van der Waals surface area contributed by atoms with Crippen LogP contribution in [0, 0.1) is 0 Å². The number of rotatable bonds is 10. The number of amides is 1. The molecule has 1 aliphatic rings. The molecule has 0 radical (unpaired) electrons. The van der Waals surface area contributed by atoms with Crippen LogP contribution in [-0.4, -0.2) is 64.7 Å². The average molecular weight is 384 g/mol. The molecule has 26 heavy (non-hydrogen) atoms. The largest absolute Gasteiger partial charge is 0.382 e. The zero-order valence-corrected chi connectivity index (χ0v) is 16.1. The molecule has 0 atom stereocenters. The van der Waals surface area contributed by atoms with Gasteiger partial charge in [0.25, 0.3) is 0 Å². The van der Waals surface area contributed by atoms with Gasteiger partial charge in [-0.25, -0.2) is 8.42 Å². The van der Waals surface area contributed by atoms with Crippen LogP contribution in [0.2, 0.25) is 0 Å². The highest BCUT2D eigenvalue weighted by Crippen LogP contribution is 2.18. The van der Waals surface area contributed by atoms with Gasteiger partial charge in [0.2, 0.25) is 15.9 Å². The normalized spacial score (nSPS) is 15.7. The fraction of sp³-hybridized carbons (Fsp3) is 0.611. The summed E-state index contributed by atoms with van der Waals surface area (Å²) in [5.74, 6) is -0.00786. The molecule has 1 amide bonds. The van der Waals surface area contributed by atoms with Crippen LogP contribution in [0.1, 0.15) is 25.3 Å². The number of nitrogens with zero attached hydrogens (tertiary/aromatic N) is 1. The van der Waals surface area contributed by atoms with Crippen molar-refractivity contribution in [1.82, 2.24) is 9.62 Å². The Morgan fingerprint density at radius 1 is 1.23 bits per heavy atom. The van der Waals surface area contributed by atoms with Gasteiger partial charge in [0.15, 0.2) is 0 Å². The molecule has 1 aromatic rings. The number of hydrogen-bond donors (Lipinski definition) is 1. The quantitative estimate of drug-likeness (QED) is 0.613. The summed E-state index contributed by atoms with van der Waals surface area (Å²) in [6.45, 7) is 5.50. The molecule has 0 aromatic heterocycles. The van der Waals surface area contributed by atoms with Crippen molar-refractivity contribution in [2.24, 2.45) is 0 Å². The summed E-state index contributed by atoms with van der Waals surface area (Å²) in [5, 5.41) is 2.86.